The van der Waals surface area contributed by atoms with Gasteiger partial charge in [0.1, 0.15) is 0 Å². The zero-order valence-electron chi connectivity index (χ0n) is 9.84. The van der Waals surface area contributed by atoms with Crippen molar-refractivity contribution >= 4 is 0 Å². The van der Waals surface area contributed by atoms with Crippen LogP contribution in [0, 0.1) is 0 Å². The minimum atomic E-state index is 0.118. The summed E-state index contributed by atoms with van der Waals surface area (Å²) in [7, 11) is 2.24. The van der Waals surface area contributed by atoms with Crippen molar-refractivity contribution in [3.63, 3.8) is 0 Å². The molecule has 1 saturated carbocycles. The van der Waals surface area contributed by atoms with E-state index in [2.05, 4.69) is 17.3 Å². The molecule has 0 bridgehead atoms. The highest BCUT2D eigenvalue weighted by molar-refractivity contribution is 5.01. The van der Waals surface area contributed by atoms with Gasteiger partial charge in [-0.15, -0.1) is 0 Å². The molecular weight excluding hydrogens is 188 g/mol. The summed E-state index contributed by atoms with van der Waals surface area (Å²) >= 11 is 0. The smallest absolute Gasteiger partial charge is 0.0613 e. The predicted molar refractivity (Wildman–Crippen MR) is 61.9 cm³/mol. The summed E-state index contributed by atoms with van der Waals surface area (Å²) in [6.45, 7) is 2.64. The molecule has 88 valence electrons. The van der Waals surface area contributed by atoms with E-state index in [1.807, 2.05) is 0 Å². The lowest BCUT2D eigenvalue weighted by molar-refractivity contribution is 0.169. The van der Waals surface area contributed by atoms with Crippen molar-refractivity contribution in [2.75, 3.05) is 26.7 Å². The summed E-state index contributed by atoms with van der Waals surface area (Å²) in [6, 6.07) is 0.765. The van der Waals surface area contributed by atoms with Crippen LogP contribution in [0.3, 0.4) is 0 Å². The molecule has 0 aromatic rings. The molecule has 0 aromatic carbocycles. The fraction of sp³-hybridized carbons (Fsp3) is 1.00. The maximum Gasteiger partial charge on any atom is 0.0613 e. The Morgan fingerprint density at radius 2 is 2.20 bits per heavy atom. The summed E-state index contributed by atoms with van der Waals surface area (Å²) < 4.78 is 0. The molecule has 2 aliphatic rings. The van der Waals surface area contributed by atoms with E-state index >= 15 is 0 Å². The fourth-order valence-corrected chi connectivity index (χ4v) is 2.55. The molecule has 2 fully saturated rings. The monoisotopic (exact) mass is 212 g/mol. The Balaban J connectivity index is 1.64. The molecule has 1 atom stereocenters. The molecule has 1 aliphatic heterocycles. The molecule has 3 nitrogen and oxygen atoms in total. The second kappa shape index (κ2) is 4.81. The van der Waals surface area contributed by atoms with Crippen LogP contribution in [0.15, 0.2) is 0 Å². The maximum atomic E-state index is 9.17. The normalized spacial score (nSPS) is 30.4. The molecule has 1 saturated heterocycles. The van der Waals surface area contributed by atoms with Crippen molar-refractivity contribution < 1.29 is 5.11 Å². The van der Waals surface area contributed by atoms with Crippen LogP contribution < -0.4 is 5.32 Å². The van der Waals surface area contributed by atoms with Crippen LogP contribution in [0.1, 0.15) is 38.5 Å². The summed E-state index contributed by atoms with van der Waals surface area (Å²) in [5, 5.41) is 12.7. The zero-order valence-corrected chi connectivity index (χ0v) is 9.84. The van der Waals surface area contributed by atoms with Crippen molar-refractivity contribution in [2.24, 2.45) is 0 Å². The highest BCUT2D eigenvalue weighted by atomic mass is 16.3. The third-order valence-electron chi connectivity index (χ3n) is 4.06. The van der Waals surface area contributed by atoms with Crippen LogP contribution >= 0.6 is 0 Å². The third-order valence-corrected chi connectivity index (χ3v) is 4.06. The van der Waals surface area contributed by atoms with Crippen molar-refractivity contribution in [3.8, 4) is 0 Å². The maximum absolute atomic E-state index is 9.17. The van der Waals surface area contributed by atoms with E-state index in [1.165, 1.54) is 32.2 Å². The number of nitrogens with zero attached hydrogens (tertiary/aromatic N) is 1. The molecule has 1 aliphatic carbocycles. The van der Waals surface area contributed by atoms with Gasteiger partial charge in [0.15, 0.2) is 0 Å². The van der Waals surface area contributed by atoms with E-state index < -0.39 is 0 Å². The fourth-order valence-electron chi connectivity index (χ4n) is 2.55. The summed E-state index contributed by atoms with van der Waals surface area (Å²) in [4.78, 5) is 2.49. The van der Waals surface area contributed by atoms with Crippen molar-refractivity contribution in [1.82, 2.24) is 10.2 Å². The van der Waals surface area contributed by atoms with Crippen LogP contribution in [-0.4, -0.2) is 48.3 Å². The van der Waals surface area contributed by atoms with E-state index in [9.17, 15) is 5.11 Å². The van der Waals surface area contributed by atoms with Gasteiger partial charge in [-0.25, -0.2) is 0 Å². The Bertz CT molecular complexity index is 204. The summed E-state index contributed by atoms with van der Waals surface area (Å²) in [5.74, 6) is 0. The summed E-state index contributed by atoms with van der Waals surface area (Å²) in [5.41, 5.74) is 0.118. The Labute approximate surface area is 92.8 Å². The largest absolute Gasteiger partial charge is 0.394 e. The van der Waals surface area contributed by atoms with Gasteiger partial charge in [-0.3, -0.25) is 0 Å². The van der Waals surface area contributed by atoms with Crippen molar-refractivity contribution in [3.05, 3.63) is 0 Å². The third kappa shape index (κ3) is 2.92. The summed E-state index contributed by atoms with van der Waals surface area (Å²) in [6.07, 6.45) is 7.65. The van der Waals surface area contributed by atoms with E-state index in [0.717, 1.165) is 25.4 Å². The molecule has 0 aromatic heterocycles. The van der Waals surface area contributed by atoms with Gasteiger partial charge in [-0.2, -0.15) is 0 Å². The quantitative estimate of drug-likeness (QED) is 0.713. The average molecular weight is 212 g/mol. The number of nitrogens with one attached hydrogen (secondary N) is 1. The van der Waals surface area contributed by atoms with Crippen LogP contribution in [0.4, 0.5) is 0 Å². The standard InChI is InChI=1S/C12H24N2O/c1-14-9-3-2-4-11(14)5-8-13-12(10-15)6-7-12/h11,13,15H,2-10H2,1H3. The van der Waals surface area contributed by atoms with Crippen LogP contribution in [0.5, 0.6) is 0 Å². The zero-order chi connectivity index (χ0) is 10.7. The highest BCUT2D eigenvalue weighted by Gasteiger charge is 2.41. The Morgan fingerprint density at radius 3 is 2.80 bits per heavy atom. The molecule has 0 radical (unpaired) electrons. The first kappa shape index (κ1) is 11.4. The van der Waals surface area contributed by atoms with Crippen molar-refractivity contribution in [2.45, 2.75) is 50.1 Å². The second-order valence-corrected chi connectivity index (χ2v) is 5.28. The van der Waals surface area contributed by atoms with Gasteiger partial charge in [-0.05, 0) is 52.2 Å². The Hall–Kier alpha value is -0.120. The number of hydrogen-bond acceptors (Lipinski definition) is 3. The highest BCUT2D eigenvalue weighted by Crippen LogP contribution is 2.34. The molecule has 2 rings (SSSR count). The average Bonchev–Trinajstić information content (AvgIpc) is 3.02. The molecule has 0 amide bonds. The molecule has 3 heteroatoms. The van der Waals surface area contributed by atoms with Crippen molar-refractivity contribution in [1.29, 1.82) is 0 Å². The van der Waals surface area contributed by atoms with Gasteiger partial charge >= 0.3 is 0 Å². The van der Waals surface area contributed by atoms with E-state index in [-0.39, 0.29) is 5.54 Å². The molecule has 2 N–H and O–H groups in total. The molecule has 15 heavy (non-hydrogen) atoms. The number of hydrogen-bond donors (Lipinski definition) is 2. The minimum absolute atomic E-state index is 0.118. The second-order valence-electron chi connectivity index (χ2n) is 5.28. The van der Waals surface area contributed by atoms with E-state index in [4.69, 9.17) is 0 Å². The molecular formula is C12H24N2O. The number of piperidine rings is 1. The lowest BCUT2D eigenvalue weighted by atomic mass is 10.00. The van der Waals surface area contributed by atoms with Crippen LogP contribution in [0.25, 0.3) is 0 Å². The molecule has 0 spiro atoms. The van der Waals surface area contributed by atoms with Gasteiger partial charge < -0.3 is 15.3 Å². The van der Waals surface area contributed by atoms with Crippen LogP contribution in [0.2, 0.25) is 0 Å². The van der Waals surface area contributed by atoms with E-state index in [0.29, 0.717) is 6.61 Å². The number of aliphatic hydroxyl groups excluding tert-OH is 1. The lowest BCUT2D eigenvalue weighted by Gasteiger charge is -2.33. The van der Waals surface area contributed by atoms with Crippen LogP contribution in [-0.2, 0) is 0 Å². The minimum Gasteiger partial charge on any atom is -0.394 e. The van der Waals surface area contributed by atoms with E-state index in [1.54, 1.807) is 0 Å². The van der Waals surface area contributed by atoms with Gasteiger partial charge in [-0.1, -0.05) is 6.42 Å². The first-order valence-electron chi connectivity index (χ1n) is 6.32. The number of aliphatic hydroxyl groups is 1. The van der Waals surface area contributed by atoms with Gasteiger partial charge in [0.25, 0.3) is 0 Å². The Morgan fingerprint density at radius 1 is 1.40 bits per heavy atom. The SMILES string of the molecule is CN1CCCCC1CCNC1(CO)CC1. The van der Waals surface area contributed by atoms with Gasteiger partial charge in [0.2, 0.25) is 0 Å². The number of rotatable bonds is 5. The first-order chi connectivity index (χ1) is 7.26. The van der Waals surface area contributed by atoms with Gasteiger partial charge in [0.05, 0.1) is 6.61 Å². The molecule has 1 heterocycles. The van der Waals surface area contributed by atoms with Gasteiger partial charge in [0, 0.05) is 11.6 Å². The topological polar surface area (TPSA) is 35.5 Å². The first-order valence-corrected chi connectivity index (χ1v) is 6.32. The Kier molecular flexibility index (Phi) is 3.65. The lowest BCUT2D eigenvalue weighted by Crippen LogP contribution is -2.41. The predicted octanol–water partition coefficient (Wildman–Crippen LogP) is 0.975. The number of likely N-dealkylation sites (tertiary alicyclic amines) is 1. The molecule has 1 unspecified atom stereocenters.